The summed E-state index contributed by atoms with van der Waals surface area (Å²) in [5, 5.41) is 156. The van der Waals surface area contributed by atoms with E-state index in [1.54, 1.807) is 0 Å². The van der Waals surface area contributed by atoms with Crippen molar-refractivity contribution in [3.05, 3.63) is 0 Å². The van der Waals surface area contributed by atoms with E-state index in [0.717, 1.165) is 0 Å². The fourth-order valence-corrected chi connectivity index (χ4v) is 7.02. The Bertz CT molecular complexity index is 1190. The highest BCUT2D eigenvalue weighted by Crippen LogP contribution is 2.36. The Labute approximate surface area is 312 Å². The lowest BCUT2D eigenvalue weighted by Gasteiger charge is -2.51. The molecule has 5 heterocycles. The van der Waals surface area contributed by atoms with Gasteiger partial charge in [0.1, 0.15) is 110 Å². The molecule has 25 heteroatoms. The first-order chi connectivity index (χ1) is 26.0. The minimum atomic E-state index is -2.06. The van der Waals surface area contributed by atoms with E-state index >= 15 is 0 Å². The number of nitrogens with two attached hydrogens (primary N) is 1. The maximum Gasteiger partial charge on any atom is 0.187 e. The summed E-state index contributed by atoms with van der Waals surface area (Å²) in [6.07, 6.45) is -42.2. The molecular formula is C30H53NO24. The highest BCUT2D eigenvalue weighted by atomic mass is 16.8. The topological polar surface area (TPSA) is 413 Å². The minimum Gasteiger partial charge on any atom is -0.394 e. The molecule has 25 nitrogen and oxygen atoms in total. The van der Waals surface area contributed by atoms with E-state index in [1.165, 1.54) is 6.92 Å². The summed E-state index contributed by atoms with van der Waals surface area (Å²) in [5.74, 6) is 0. The van der Waals surface area contributed by atoms with Crippen LogP contribution in [-0.4, -0.2) is 256 Å². The molecule has 5 fully saturated rings. The van der Waals surface area contributed by atoms with Crippen LogP contribution in [0, 0.1) is 0 Å². The van der Waals surface area contributed by atoms with Crippen LogP contribution in [0.4, 0.5) is 0 Å². The fourth-order valence-electron chi connectivity index (χ4n) is 7.02. The molecule has 5 aliphatic heterocycles. The molecular weight excluding hydrogens is 758 g/mol. The average Bonchev–Trinajstić information content (AvgIpc) is 3.17. The van der Waals surface area contributed by atoms with Gasteiger partial charge in [-0.1, -0.05) is 0 Å². The molecule has 1 unspecified atom stereocenters. The van der Waals surface area contributed by atoms with Crippen LogP contribution in [0.15, 0.2) is 0 Å². The second-order valence-electron chi connectivity index (χ2n) is 14.0. The molecule has 0 bridgehead atoms. The normalized spacial score (nSPS) is 53.9. The van der Waals surface area contributed by atoms with Gasteiger partial charge in [0.2, 0.25) is 0 Å². The van der Waals surface area contributed by atoms with Gasteiger partial charge < -0.3 is 125 Å². The second kappa shape index (κ2) is 18.9. The van der Waals surface area contributed by atoms with E-state index in [0.29, 0.717) is 0 Å². The van der Waals surface area contributed by atoms with E-state index in [9.17, 15) is 76.6 Å². The molecule has 5 saturated heterocycles. The summed E-state index contributed by atoms with van der Waals surface area (Å²) in [4.78, 5) is 0. The third-order valence-electron chi connectivity index (χ3n) is 10.4. The van der Waals surface area contributed by atoms with Gasteiger partial charge in [0.25, 0.3) is 0 Å². The molecule has 322 valence electrons. The Hall–Kier alpha value is -1.00. The SMILES string of the molecule is C[C@@H]1O[C@@H](O[C@H]2[C@H](O[C@@H]3O[C@H](CO)[C@H](O)[C@H](O)[C@H]3O)[C@@H](N)[C@H](O[C@H]3[C@@H](O)[C@@H](CO)O[C@@H](O[C@H]4[C@H](O)[C@@H](O)C(O)O[C@@H]4CO)[C@@H]3O)O[C@@H]2CO)[C@@H](O)[C@H](O)[C@@H]1O. The standard InChI is InChI=1S/C30H53NO24/c1-6-12(36)15(39)19(43)28(47-6)53-23-10(5-35)51-27(11(31)24(23)54-29-20(44)16(40)13(37)7(2-32)49-29)55-25-14(38)8(3-33)50-30(21(25)45)52-22-9(4-34)48-26(46)18(42)17(22)41/h6-30,32-46H,2-5,31H2,1H3/t6-,7+,8+,9+,10+,11+,12+,13-,14-,15+,16-,17+,18+,19-,20+,21+,22+,23+,24+,25-,26?,27-,28-,29-,30-/m0/s1. The van der Waals surface area contributed by atoms with Crippen molar-refractivity contribution in [3.8, 4) is 0 Å². The zero-order valence-corrected chi connectivity index (χ0v) is 29.2. The largest absolute Gasteiger partial charge is 0.394 e. The smallest absolute Gasteiger partial charge is 0.187 e. The molecule has 0 saturated carbocycles. The predicted octanol–water partition coefficient (Wildman–Crippen LogP) is -10.9. The quantitative estimate of drug-likeness (QED) is 0.0870. The lowest BCUT2D eigenvalue weighted by Crippen LogP contribution is -2.70. The van der Waals surface area contributed by atoms with Gasteiger partial charge >= 0.3 is 0 Å². The number of rotatable bonds is 12. The van der Waals surface area contributed by atoms with Crippen LogP contribution in [-0.2, 0) is 42.6 Å². The molecule has 5 aliphatic rings. The zero-order valence-electron chi connectivity index (χ0n) is 29.2. The zero-order chi connectivity index (χ0) is 40.6. The van der Waals surface area contributed by atoms with Crippen LogP contribution in [0.3, 0.4) is 0 Å². The fraction of sp³-hybridized carbons (Fsp3) is 1.00. The number of aliphatic hydroxyl groups excluding tert-OH is 15. The van der Waals surface area contributed by atoms with Crippen LogP contribution in [0.25, 0.3) is 0 Å². The molecule has 0 aliphatic carbocycles. The van der Waals surface area contributed by atoms with Crippen molar-refractivity contribution < 1.29 is 119 Å². The van der Waals surface area contributed by atoms with Crippen molar-refractivity contribution in [2.24, 2.45) is 5.73 Å². The molecule has 17 N–H and O–H groups in total. The first kappa shape index (κ1) is 45.1. The Balaban J connectivity index is 1.42. The second-order valence-corrected chi connectivity index (χ2v) is 14.0. The summed E-state index contributed by atoms with van der Waals surface area (Å²) in [6.45, 7) is -2.22. The summed E-state index contributed by atoms with van der Waals surface area (Å²) < 4.78 is 50.8. The predicted molar refractivity (Wildman–Crippen MR) is 167 cm³/mol. The third kappa shape index (κ3) is 9.11. The molecule has 0 aromatic rings. The van der Waals surface area contributed by atoms with Gasteiger partial charge in [-0.2, -0.15) is 0 Å². The molecule has 0 aromatic heterocycles. The number of hydrogen-bond acceptors (Lipinski definition) is 25. The molecule has 0 amide bonds. The van der Waals surface area contributed by atoms with Gasteiger partial charge in [0.05, 0.1) is 38.6 Å². The lowest BCUT2D eigenvalue weighted by molar-refractivity contribution is -0.390. The summed E-state index contributed by atoms with van der Waals surface area (Å²) in [5.41, 5.74) is 6.55. The minimum absolute atomic E-state index is 0.853. The highest BCUT2D eigenvalue weighted by Gasteiger charge is 2.56. The molecule has 55 heavy (non-hydrogen) atoms. The van der Waals surface area contributed by atoms with Crippen molar-refractivity contribution in [3.63, 3.8) is 0 Å². The first-order valence-electron chi connectivity index (χ1n) is 17.6. The Morgan fingerprint density at radius 2 is 0.818 bits per heavy atom. The van der Waals surface area contributed by atoms with E-state index in [1.807, 2.05) is 0 Å². The van der Waals surface area contributed by atoms with E-state index < -0.39 is 180 Å². The van der Waals surface area contributed by atoms with Gasteiger partial charge in [0.15, 0.2) is 31.5 Å². The van der Waals surface area contributed by atoms with Crippen LogP contribution < -0.4 is 5.73 Å². The number of hydrogen-bond donors (Lipinski definition) is 16. The molecule has 5 rings (SSSR count). The molecule has 0 radical (unpaired) electrons. The number of ether oxygens (including phenoxy) is 9. The van der Waals surface area contributed by atoms with Crippen LogP contribution in [0.2, 0.25) is 0 Å². The van der Waals surface area contributed by atoms with E-state index in [2.05, 4.69) is 0 Å². The maximum atomic E-state index is 11.4. The summed E-state index contributed by atoms with van der Waals surface area (Å²) >= 11 is 0. The number of aliphatic hydroxyl groups is 15. The van der Waals surface area contributed by atoms with Crippen molar-refractivity contribution in [1.82, 2.24) is 0 Å². The van der Waals surface area contributed by atoms with Crippen molar-refractivity contribution in [2.75, 3.05) is 26.4 Å². The van der Waals surface area contributed by atoms with Crippen molar-refractivity contribution in [2.45, 2.75) is 160 Å². The summed E-state index contributed by atoms with van der Waals surface area (Å²) in [6, 6.07) is -1.69. The van der Waals surface area contributed by atoms with Crippen LogP contribution >= 0.6 is 0 Å². The van der Waals surface area contributed by atoms with E-state index in [-0.39, 0.29) is 0 Å². The van der Waals surface area contributed by atoms with Crippen LogP contribution in [0.1, 0.15) is 6.92 Å². The van der Waals surface area contributed by atoms with E-state index in [4.69, 9.17) is 48.4 Å². The maximum absolute atomic E-state index is 11.4. The van der Waals surface area contributed by atoms with Crippen molar-refractivity contribution in [1.29, 1.82) is 0 Å². The molecule has 25 atom stereocenters. The Kier molecular flexibility index (Phi) is 15.5. The van der Waals surface area contributed by atoms with Gasteiger partial charge in [-0.15, -0.1) is 0 Å². The summed E-state index contributed by atoms with van der Waals surface area (Å²) in [7, 11) is 0. The molecule has 0 spiro atoms. The van der Waals surface area contributed by atoms with Crippen LogP contribution in [0.5, 0.6) is 0 Å². The van der Waals surface area contributed by atoms with Gasteiger partial charge in [-0.05, 0) is 6.92 Å². The third-order valence-corrected chi connectivity index (χ3v) is 10.4. The lowest BCUT2D eigenvalue weighted by atomic mass is 9.94. The van der Waals surface area contributed by atoms with Gasteiger partial charge in [0, 0.05) is 0 Å². The highest BCUT2D eigenvalue weighted by molar-refractivity contribution is 5.00. The Morgan fingerprint density at radius 3 is 1.40 bits per heavy atom. The van der Waals surface area contributed by atoms with Crippen molar-refractivity contribution >= 4 is 0 Å². The van der Waals surface area contributed by atoms with Gasteiger partial charge in [-0.3, -0.25) is 0 Å². The average molecular weight is 812 g/mol. The Morgan fingerprint density at radius 1 is 0.382 bits per heavy atom. The van der Waals surface area contributed by atoms with Gasteiger partial charge in [-0.25, -0.2) is 0 Å². The first-order valence-corrected chi connectivity index (χ1v) is 17.6. The monoisotopic (exact) mass is 811 g/mol. The molecule has 0 aromatic carbocycles.